The normalized spacial score (nSPS) is 15.7. The first kappa shape index (κ1) is 13.6. The summed E-state index contributed by atoms with van der Waals surface area (Å²) in [7, 11) is 0. The van der Waals surface area contributed by atoms with Gasteiger partial charge in [-0.2, -0.15) is 0 Å². The first-order chi connectivity index (χ1) is 9.18. The molecule has 1 aromatic rings. The molecule has 0 spiro atoms. The molecule has 0 aromatic heterocycles. The largest absolute Gasteiger partial charge is 0.325 e. The maximum Gasteiger partial charge on any atom is 0.321 e. The average molecular weight is 260 g/mol. The van der Waals surface area contributed by atoms with Gasteiger partial charge in [0.05, 0.1) is 5.69 Å². The van der Waals surface area contributed by atoms with Gasteiger partial charge in [-0.1, -0.05) is 25.0 Å². The quantitative estimate of drug-likeness (QED) is 0.829. The van der Waals surface area contributed by atoms with Gasteiger partial charge in [0.15, 0.2) is 5.78 Å². The zero-order valence-electron chi connectivity index (χ0n) is 11.3. The second kappa shape index (κ2) is 6.36. The lowest BCUT2D eigenvalue weighted by atomic mass is 10.1. The fourth-order valence-corrected chi connectivity index (χ4v) is 2.37. The smallest absolute Gasteiger partial charge is 0.321 e. The molecular weight excluding hydrogens is 240 g/mol. The van der Waals surface area contributed by atoms with Crippen molar-refractivity contribution in [2.75, 3.05) is 18.4 Å². The third-order valence-corrected chi connectivity index (χ3v) is 3.44. The fourth-order valence-electron chi connectivity index (χ4n) is 2.37. The second-order valence-corrected chi connectivity index (χ2v) is 4.93. The van der Waals surface area contributed by atoms with Crippen LogP contribution in [-0.2, 0) is 0 Å². The number of para-hydroxylation sites is 1. The SMILES string of the molecule is CC(=O)c1ccccc1NC(=O)N1CCCCCC1. The van der Waals surface area contributed by atoms with E-state index in [0.29, 0.717) is 11.3 Å². The van der Waals surface area contributed by atoms with E-state index in [9.17, 15) is 9.59 Å². The van der Waals surface area contributed by atoms with Crippen molar-refractivity contribution in [3.8, 4) is 0 Å². The van der Waals surface area contributed by atoms with Gasteiger partial charge in [0, 0.05) is 18.7 Å². The topological polar surface area (TPSA) is 49.4 Å². The van der Waals surface area contributed by atoms with Crippen LogP contribution in [0.4, 0.5) is 10.5 Å². The van der Waals surface area contributed by atoms with Crippen LogP contribution < -0.4 is 5.32 Å². The van der Waals surface area contributed by atoms with Crippen molar-refractivity contribution in [1.29, 1.82) is 0 Å². The highest BCUT2D eigenvalue weighted by atomic mass is 16.2. The molecule has 1 aromatic carbocycles. The molecule has 2 amide bonds. The molecule has 102 valence electrons. The average Bonchev–Trinajstić information content (AvgIpc) is 2.68. The van der Waals surface area contributed by atoms with Crippen LogP contribution in [0.5, 0.6) is 0 Å². The lowest BCUT2D eigenvalue weighted by Crippen LogP contribution is -2.35. The molecule has 19 heavy (non-hydrogen) atoms. The maximum atomic E-state index is 12.2. The van der Waals surface area contributed by atoms with Crippen LogP contribution in [0.25, 0.3) is 0 Å². The zero-order valence-corrected chi connectivity index (χ0v) is 11.3. The van der Waals surface area contributed by atoms with Gasteiger partial charge in [0.25, 0.3) is 0 Å². The van der Waals surface area contributed by atoms with Gasteiger partial charge in [-0.15, -0.1) is 0 Å². The maximum absolute atomic E-state index is 12.2. The van der Waals surface area contributed by atoms with Crippen LogP contribution >= 0.6 is 0 Å². The summed E-state index contributed by atoms with van der Waals surface area (Å²) in [4.78, 5) is 25.5. The van der Waals surface area contributed by atoms with Crippen molar-refractivity contribution < 1.29 is 9.59 Å². The van der Waals surface area contributed by atoms with E-state index >= 15 is 0 Å². The Balaban J connectivity index is 2.07. The van der Waals surface area contributed by atoms with Gasteiger partial charge >= 0.3 is 6.03 Å². The van der Waals surface area contributed by atoms with Gasteiger partial charge in [-0.3, -0.25) is 4.79 Å². The minimum Gasteiger partial charge on any atom is -0.325 e. The Morgan fingerprint density at radius 2 is 1.68 bits per heavy atom. The highest BCUT2D eigenvalue weighted by Crippen LogP contribution is 2.17. The van der Waals surface area contributed by atoms with E-state index in [1.807, 2.05) is 11.0 Å². The number of carbonyl (C=O) groups is 2. The van der Waals surface area contributed by atoms with Gasteiger partial charge in [-0.05, 0) is 31.9 Å². The van der Waals surface area contributed by atoms with Gasteiger partial charge in [0.1, 0.15) is 0 Å². The predicted octanol–water partition coefficient (Wildman–Crippen LogP) is 3.30. The van der Waals surface area contributed by atoms with Crippen molar-refractivity contribution in [2.24, 2.45) is 0 Å². The van der Waals surface area contributed by atoms with Gasteiger partial charge in [-0.25, -0.2) is 4.79 Å². The van der Waals surface area contributed by atoms with E-state index in [4.69, 9.17) is 0 Å². The van der Waals surface area contributed by atoms with E-state index in [2.05, 4.69) is 5.32 Å². The molecule has 1 N–H and O–H groups in total. The Kier molecular flexibility index (Phi) is 4.55. The van der Waals surface area contributed by atoms with Crippen LogP contribution in [0.1, 0.15) is 43.0 Å². The molecule has 0 saturated carbocycles. The van der Waals surface area contributed by atoms with Gasteiger partial charge in [0.2, 0.25) is 0 Å². The number of carbonyl (C=O) groups excluding carboxylic acids is 2. The molecule has 1 aliphatic heterocycles. The lowest BCUT2D eigenvalue weighted by Gasteiger charge is -2.21. The number of benzene rings is 1. The number of rotatable bonds is 2. The van der Waals surface area contributed by atoms with Crippen LogP contribution in [0.15, 0.2) is 24.3 Å². The molecule has 0 aliphatic carbocycles. The molecule has 0 radical (unpaired) electrons. The highest BCUT2D eigenvalue weighted by molar-refractivity contribution is 6.03. The molecule has 0 atom stereocenters. The molecule has 1 saturated heterocycles. The lowest BCUT2D eigenvalue weighted by molar-refractivity contribution is 0.101. The summed E-state index contributed by atoms with van der Waals surface area (Å²) in [5.74, 6) is -0.0354. The number of nitrogens with one attached hydrogen (secondary N) is 1. The van der Waals surface area contributed by atoms with Crippen LogP contribution in [0, 0.1) is 0 Å². The molecular formula is C15H20N2O2. The first-order valence-electron chi connectivity index (χ1n) is 6.84. The van der Waals surface area contributed by atoms with E-state index in [1.54, 1.807) is 18.2 Å². The summed E-state index contributed by atoms with van der Waals surface area (Å²) in [6, 6.07) is 7.03. The zero-order chi connectivity index (χ0) is 13.7. The molecule has 1 heterocycles. The minimum atomic E-state index is -0.101. The summed E-state index contributed by atoms with van der Waals surface area (Å²) in [6.45, 7) is 3.11. The summed E-state index contributed by atoms with van der Waals surface area (Å²) in [6.07, 6.45) is 4.49. The fraction of sp³-hybridized carbons (Fsp3) is 0.467. The van der Waals surface area contributed by atoms with Crippen molar-refractivity contribution >= 4 is 17.5 Å². The number of Topliss-reactive ketones (excluding diaryl/α,β-unsaturated/α-hetero) is 1. The van der Waals surface area contributed by atoms with E-state index in [0.717, 1.165) is 25.9 Å². The number of nitrogens with zero attached hydrogens (tertiary/aromatic N) is 1. The number of hydrogen-bond acceptors (Lipinski definition) is 2. The molecule has 0 unspecified atom stereocenters. The number of likely N-dealkylation sites (tertiary alicyclic amines) is 1. The van der Waals surface area contributed by atoms with Gasteiger partial charge < -0.3 is 10.2 Å². The number of urea groups is 1. The van der Waals surface area contributed by atoms with Crippen molar-refractivity contribution in [3.05, 3.63) is 29.8 Å². The number of ketones is 1. The van der Waals surface area contributed by atoms with E-state index in [1.165, 1.54) is 19.8 Å². The van der Waals surface area contributed by atoms with Crippen LogP contribution in [-0.4, -0.2) is 29.8 Å². The second-order valence-electron chi connectivity index (χ2n) is 4.93. The molecule has 1 aliphatic rings. The molecule has 4 nitrogen and oxygen atoms in total. The molecule has 4 heteroatoms. The number of hydrogen-bond donors (Lipinski definition) is 1. The van der Waals surface area contributed by atoms with E-state index in [-0.39, 0.29) is 11.8 Å². The van der Waals surface area contributed by atoms with Crippen LogP contribution in [0.2, 0.25) is 0 Å². The standard InChI is InChI=1S/C15H20N2O2/c1-12(18)13-8-4-5-9-14(13)16-15(19)17-10-6-2-3-7-11-17/h4-5,8-9H,2-3,6-7,10-11H2,1H3,(H,16,19). The monoisotopic (exact) mass is 260 g/mol. The first-order valence-corrected chi connectivity index (χ1v) is 6.84. The number of anilines is 1. The van der Waals surface area contributed by atoms with Crippen LogP contribution in [0.3, 0.4) is 0 Å². The van der Waals surface area contributed by atoms with E-state index < -0.39 is 0 Å². The van der Waals surface area contributed by atoms with Crippen molar-refractivity contribution in [3.63, 3.8) is 0 Å². The Morgan fingerprint density at radius 3 is 2.32 bits per heavy atom. The van der Waals surface area contributed by atoms with Crippen molar-refractivity contribution in [2.45, 2.75) is 32.6 Å². The third-order valence-electron chi connectivity index (χ3n) is 3.44. The summed E-state index contributed by atoms with van der Waals surface area (Å²) in [5, 5.41) is 2.86. The highest BCUT2D eigenvalue weighted by Gasteiger charge is 2.17. The predicted molar refractivity (Wildman–Crippen MR) is 75.5 cm³/mol. The summed E-state index contributed by atoms with van der Waals surface area (Å²) < 4.78 is 0. The molecule has 0 bridgehead atoms. The Bertz CT molecular complexity index is 463. The number of amides is 2. The molecule has 1 fully saturated rings. The molecule has 2 rings (SSSR count). The summed E-state index contributed by atoms with van der Waals surface area (Å²) >= 11 is 0. The summed E-state index contributed by atoms with van der Waals surface area (Å²) in [5.41, 5.74) is 1.16. The Morgan fingerprint density at radius 1 is 1.05 bits per heavy atom. The minimum absolute atomic E-state index is 0.0354. The third kappa shape index (κ3) is 3.56. The van der Waals surface area contributed by atoms with Crippen molar-refractivity contribution in [1.82, 2.24) is 4.90 Å². The Hall–Kier alpha value is -1.84. The Labute approximate surface area is 113 Å².